The van der Waals surface area contributed by atoms with Gasteiger partial charge in [-0.15, -0.1) is 0 Å². The molecule has 0 unspecified atom stereocenters. The van der Waals surface area contributed by atoms with Crippen LogP contribution in [0.1, 0.15) is 0 Å². The predicted molar refractivity (Wildman–Crippen MR) is 323 cm³/mol. The largest absolute Gasteiger partial charge is 0.457 e. The lowest BCUT2D eigenvalue weighted by atomic mass is 10.0. The lowest BCUT2D eigenvalue weighted by molar-refractivity contribution is 0.483. The van der Waals surface area contributed by atoms with E-state index in [-0.39, 0.29) is 0 Å². The normalized spacial score (nSPS) is 10.9. The molecule has 0 atom stereocenters. The Balaban J connectivity index is 0.836. The molecular weight excluding hydrogens is 937 g/mol. The molecule has 5 heteroatoms. The van der Waals surface area contributed by atoms with Gasteiger partial charge in [-0.25, -0.2) is 0 Å². The Hall–Kier alpha value is -10.4. The van der Waals surface area contributed by atoms with Gasteiger partial charge in [-0.2, -0.15) is 0 Å². The van der Waals surface area contributed by atoms with Crippen molar-refractivity contribution >= 4 is 68.2 Å². The summed E-state index contributed by atoms with van der Waals surface area (Å²) in [5, 5.41) is 0. The minimum atomic E-state index is 0.739. The third-order valence-corrected chi connectivity index (χ3v) is 13.7. The smallest absolute Gasteiger partial charge is 0.127 e. The Bertz CT molecular complexity index is 3420. The molecule has 0 bridgehead atoms. The van der Waals surface area contributed by atoms with E-state index in [1.165, 1.54) is 11.1 Å². The molecule has 0 aliphatic heterocycles. The average molecular weight is 991 g/mol. The Labute approximate surface area is 451 Å². The first kappa shape index (κ1) is 47.6. The van der Waals surface area contributed by atoms with Crippen molar-refractivity contribution in [3.63, 3.8) is 0 Å². The number of para-hydroxylation sites is 4. The summed E-state index contributed by atoms with van der Waals surface area (Å²) >= 11 is 0. The molecule has 0 radical (unpaired) electrons. The quantitative estimate of drug-likeness (QED) is 0.0959. The Morgan fingerprint density at radius 3 is 0.519 bits per heavy atom. The zero-order chi connectivity index (χ0) is 51.6. The first-order valence-corrected chi connectivity index (χ1v) is 26.0. The number of nitrogens with zero attached hydrogens (tertiary/aromatic N) is 4. The van der Waals surface area contributed by atoms with Crippen LogP contribution in [0.3, 0.4) is 0 Å². The SMILES string of the molecule is c1ccc(-c2ccc(N(c3ccc(Oc4ccc(N(c5ccc(-c6ccccc6)cc5)c5ccc(N(c6ccccc6)c6ccccc6)cc5)cc4)cc3)c3ccc(N(c4ccccc4)c4ccccc4)cc3)cc2)cc1. The van der Waals surface area contributed by atoms with E-state index >= 15 is 0 Å². The van der Waals surface area contributed by atoms with E-state index in [9.17, 15) is 0 Å². The van der Waals surface area contributed by atoms with Gasteiger partial charge < -0.3 is 24.3 Å². The van der Waals surface area contributed by atoms with Crippen LogP contribution in [0.15, 0.2) is 328 Å². The maximum atomic E-state index is 6.60. The van der Waals surface area contributed by atoms with E-state index in [0.717, 1.165) is 90.9 Å². The molecule has 0 saturated carbocycles. The van der Waals surface area contributed by atoms with Crippen LogP contribution in [0.5, 0.6) is 11.5 Å². The lowest BCUT2D eigenvalue weighted by Crippen LogP contribution is -2.12. The molecule has 0 fully saturated rings. The van der Waals surface area contributed by atoms with Crippen molar-refractivity contribution in [2.75, 3.05) is 19.6 Å². The van der Waals surface area contributed by atoms with Crippen molar-refractivity contribution in [3.8, 4) is 33.8 Å². The van der Waals surface area contributed by atoms with Crippen molar-refractivity contribution < 1.29 is 4.74 Å². The van der Waals surface area contributed by atoms with Gasteiger partial charge >= 0.3 is 0 Å². The van der Waals surface area contributed by atoms with Gasteiger partial charge in [0.15, 0.2) is 0 Å². The van der Waals surface area contributed by atoms with Crippen molar-refractivity contribution in [1.82, 2.24) is 0 Å². The highest BCUT2D eigenvalue weighted by atomic mass is 16.5. The fourth-order valence-electron chi connectivity index (χ4n) is 9.93. The average Bonchev–Trinajstić information content (AvgIpc) is 3.52. The lowest BCUT2D eigenvalue weighted by Gasteiger charge is -2.28. The van der Waals surface area contributed by atoms with Crippen molar-refractivity contribution in [3.05, 3.63) is 328 Å². The zero-order valence-corrected chi connectivity index (χ0v) is 42.4. The van der Waals surface area contributed by atoms with Gasteiger partial charge in [-0.05, 0) is 192 Å². The van der Waals surface area contributed by atoms with Gasteiger partial charge in [-0.1, -0.05) is 158 Å². The maximum absolute atomic E-state index is 6.60. The Morgan fingerprint density at radius 2 is 0.299 bits per heavy atom. The second kappa shape index (κ2) is 22.4. The third-order valence-electron chi connectivity index (χ3n) is 13.7. The summed E-state index contributed by atoms with van der Waals surface area (Å²) in [5.41, 5.74) is 17.4. The molecule has 0 spiro atoms. The number of anilines is 12. The second-order valence-corrected chi connectivity index (χ2v) is 18.6. The second-order valence-electron chi connectivity index (χ2n) is 18.6. The zero-order valence-electron chi connectivity index (χ0n) is 42.4. The predicted octanol–water partition coefficient (Wildman–Crippen LogP) is 20.7. The molecule has 0 aliphatic rings. The standard InChI is InChI=1S/C72H54N4O/c1-7-19-55(20-8-1)57-31-35-63(36-32-57)75(67-43-39-65(40-44-67)73(59-23-11-3-12-24-59)60-25-13-4-14-26-60)69-47-51-71(52-48-69)77-72-53-49-70(50-54-72)76(64-37-33-58(34-38-64)56-21-9-2-10-22-56)68-45-41-66(42-46-68)74(61-27-15-5-16-28-61)62-29-17-6-18-30-62/h1-54H. The molecule has 5 nitrogen and oxygen atoms in total. The molecular formula is C72H54N4O. The van der Waals surface area contributed by atoms with Crippen LogP contribution in [0, 0.1) is 0 Å². The number of rotatable bonds is 16. The molecule has 368 valence electrons. The van der Waals surface area contributed by atoms with Crippen molar-refractivity contribution in [2.24, 2.45) is 0 Å². The van der Waals surface area contributed by atoms with Crippen LogP contribution >= 0.6 is 0 Å². The number of benzene rings is 12. The van der Waals surface area contributed by atoms with Crippen LogP contribution in [0.2, 0.25) is 0 Å². The van der Waals surface area contributed by atoms with Gasteiger partial charge in [0.1, 0.15) is 11.5 Å². The van der Waals surface area contributed by atoms with Crippen LogP contribution in [-0.4, -0.2) is 0 Å². The molecule has 0 heterocycles. The van der Waals surface area contributed by atoms with Crippen molar-refractivity contribution in [1.29, 1.82) is 0 Å². The summed E-state index contributed by atoms with van der Waals surface area (Å²) in [5.74, 6) is 1.48. The molecule has 0 N–H and O–H groups in total. The summed E-state index contributed by atoms with van der Waals surface area (Å²) in [6, 6.07) is 115. The van der Waals surface area contributed by atoms with E-state index in [1.807, 2.05) is 24.3 Å². The Kier molecular flexibility index (Phi) is 13.9. The fourth-order valence-corrected chi connectivity index (χ4v) is 9.93. The van der Waals surface area contributed by atoms with E-state index in [4.69, 9.17) is 4.74 Å². The van der Waals surface area contributed by atoms with Crippen LogP contribution in [0.4, 0.5) is 68.2 Å². The molecule has 0 aliphatic carbocycles. The summed E-state index contributed by atoms with van der Waals surface area (Å²) in [6.45, 7) is 0. The van der Waals surface area contributed by atoms with Gasteiger partial charge in [0.05, 0.1) is 0 Å². The highest BCUT2D eigenvalue weighted by Gasteiger charge is 2.19. The summed E-state index contributed by atoms with van der Waals surface area (Å²) in [4.78, 5) is 9.15. The maximum Gasteiger partial charge on any atom is 0.127 e. The number of ether oxygens (including phenoxy) is 1. The van der Waals surface area contributed by atoms with Gasteiger partial charge in [0.2, 0.25) is 0 Å². The monoisotopic (exact) mass is 990 g/mol. The summed E-state index contributed by atoms with van der Waals surface area (Å²) < 4.78 is 6.60. The summed E-state index contributed by atoms with van der Waals surface area (Å²) in [6.07, 6.45) is 0. The highest BCUT2D eigenvalue weighted by Crippen LogP contribution is 2.43. The molecule has 0 aromatic heterocycles. The van der Waals surface area contributed by atoms with Gasteiger partial charge in [0, 0.05) is 68.2 Å². The topological polar surface area (TPSA) is 22.2 Å². The van der Waals surface area contributed by atoms with Gasteiger partial charge in [0.25, 0.3) is 0 Å². The fraction of sp³-hybridized carbons (Fsp3) is 0. The first-order chi connectivity index (χ1) is 38.2. The van der Waals surface area contributed by atoms with Gasteiger partial charge in [-0.3, -0.25) is 0 Å². The first-order valence-electron chi connectivity index (χ1n) is 26.0. The molecule has 77 heavy (non-hydrogen) atoms. The highest BCUT2D eigenvalue weighted by molar-refractivity contribution is 5.84. The van der Waals surface area contributed by atoms with E-state index in [2.05, 4.69) is 323 Å². The molecule has 0 amide bonds. The van der Waals surface area contributed by atoms with Crippen LogP contribution in [-0.2, 0) is 0 Å². The van der Waals surface area contributed by atoms with Crippen LogP contribution in [0.25, 0.3) is 22.3 Å². The van der Waals surface area contributed by atoms with E-state index in [0.29, 0.717) is 0 Å². The number of hydrogen-bond donors (Lipinski definition) is 0. The van der Waals surface area contributed by atoms with E-state index < -0.39 is 0 Å². The molecule has 12 rings (SSSR count). The minimum absolute atomic E-state index is 0.739. The van der Waals surface area contributed by atoms with Crippen molar-refractivity contribution in [2.45, 2.75) is 0 Å². The third kappa shape index (κ3) is 10.7. The molecule has 0 saturated heterocycles. The summed E-state index contributed by atoms with van der Waals surface area (Å²) in [7, 11) is 0. The minimum Gasteiger partial charge on any atom is -0.457 e. The Morgan fingerprint density at radius 1 is 0.143 bits per heavy atom. The number of hydrogen-bond acceptors (Lipinski definition) is 5. The van der Waals surface area contributed by atoms with E-state index in [1.54, 1.807) is 0 Å². The van der Waals surface area contributed by atoms with Crippen LogP contribution < -0.4 is 24.3 Å². The molecule has 12 aromatic rings. The molecule has 12 aromatic carbocycles.